The van der Waals surface area contributed by atoms with Crippen molar-refractivity contribution in [3.63, 3.8) is 0 Å². The topological polar surface area (TPSA) is 68.1 Å². The maximum absolute atomic E-state index is 10.5. The Kier molecular flexibility index (Phi) is 5.67. The van der Waals surface area contributed by atoms with Gasteiger partial charge in [-0.25, -0.2) is 4.98 Å². The fourth-order valence-electron chi connectivity index (χ4n) is 1.63. The molecular formula is C10H14ClN3O2S. The first-order valence-electron chi connectivity index (χ1n) is 5.23. The molecule has 0 unspecified atom stereocenters. The third kappa shape index (κ3) is 4.14. The number of nitrogens with one attached hydrogen (secondary N) is 1. The lowest BCUT2D eigenvalue weighted by Crippen LogP contribution is -2.29. The normalized spacial score (nSPS) is 16.2. The predicted molar refractivity (Wildman–Crippen MR) is 69.9 cm³/mol. The second-order valence-corrected chi connectivity index (χ2v) is 5.00. The number of halogens is 1. The lowest BCUT2D eigenvalue weighted by molar-refractivity contribution is -0.385. The van der Waals surface area contributed by atoms with E-state index in [1.165, 1.54) is 12.3 Å². The summed E-state index contributed by atoms with van der Waals surface area (Å²) in [6.07, 6.45) is 3.58. The van der Waals surface area contributed by atoms with Gasteiger partial charge in [0.25, 0.3) is 5.69 Å². The number of hydrogen-bond donors (Lipinski definition) is 1. The molecule has 1 fully saturated rings. The molecule has 17 heavy (non-hydrogen) atoms. The first-order chi connectivity index (χ1) is 7.75. The van der Waals surface area contributed by atoms with Crippen LogP contribution in [0.1, 0.15) is 12.8 Å². The van der Waals surface area contributed by atoms with Gasteiger partial charge in [0.1, 0.15) is 6.20 Å². The van der Waals surface area contributed by atoms with Crippen LogP contribution in [0.4, 0.5) is 5.69 Å². The van der Waals surface area contributed by atoms with Crippen LogP contribution >= 0.6 is 24.2 Å². The Bertz CT molecular complexity index is 368. The minimum Gasteiger partial charge on any atom is -0.317 e. The fraction of sp³-hybridized carbons (Fsp3) is 0.500. The second kappa shape index (κ2) is 6.78. The fourth-order valence-corrected chi connectivity index (χ4v) is 2.71. The Morgan fingerprint density at radius 2 is 2.12 bits per heavy atom. The Labute approximate surface area is 110 Å². The first kappa shape index (κ1) is 14.2. The summed E-state index contributed by atoms with van der Waals surface area (Å²) in [6, 6.07) is 3.24. The summed E-state index contributed by atoms with van der Waals surface area (Å²) in [7, 11) is 0. The largest absolute Gasteiger partial charge is 0.317 e. The molecule has 0 spiro atoms. The van der Waals surface area contributed by atoms with E-state index in [2.05, 4.69) is 10.3 Å². The predicted octanol–water partition coefficient (Wildman–Crippen LogP) is 2.26. The van der Waals surface area contributed by atoms with E-state index >= 15 is 0 Å². The summed E-state index contributed by atoms with van der Waals surface area (Å²) in [5.41, 5.74) is 0.0506. The highest BCUT2D eigenvalue weighted by Crippen LogP contribution is 2.27. The molecule has 0 atom stereocenters. The molecule has 1 aliphatic rings. The molecule has 0 bridgehead atoms. The van der Waals surface area contributed by atoms with Crippen molar-refractivity contribution in [3.05, 3.63) is 28.4 Å². The third-order valence-electron chi connectivity index (χ3n) is 2.51. The minimum atomic E-state index is -0.425. The zero-order valence-corrected chi connectivity index (χ0v) is 10.8. The van der Waals surface area contributed by atoms with Crippen molar-refractivity contribution in [2.24, 2.45) is 0 Å². The summed E-state index contributed by atoms with van der Waals surface area (Å²) >= 11 is 1.71. The number of rotatable bonds is 3. The Hall–Kier alpha value is -0.850. The smallest absolute Gasteiger partial charge is 0.287 e. The van der Waals surface area contributed by atoms with Gasteiger partial charge in [0.15, 0.2) is 0 Å². The van der Waals surface area contributed by atoms with Gasteiger partial charge in [0, 0.05) is 11.3 Å². The van der Waals surface area contributed by atoms with E-state index in [0.29, 0.717) is 5.25 Å². The van der Waals surface area contributed by atoms with Gasteiger partial charge in [-0.15, -0.1) is 24.2 Å². The summed E-state index contributed by atoms with van der Waals surface area (Å²) in [5, 5.41) is 15.2. The van der Waals surface area contributed by atoms with E-state index in [0.717, 1.165) is 31.0 Å². The van der Waals surface area contributed by atoms with E-state index in [1.807, 2.05) is 0 Å². The molecule has 0 radical (unpaired) electrons. The van der Waals surface area contributed by atoms with Crippen molar-refractivity contribution >= 4 is 29.9 Å². The van der Waals surface area contributed by atoms with Crippen LogP contribution in [0.3, 0.4) is 0 Å². The summed E-state index contributed by atoms with van der Waals surface area (Å²) < 4.78 is 0. The molecular weight excluding hydrogens is 262 g/mol. The molecule has 0 saturated carbocycles. The Morgan fingerprint density at radius 1 is 1.41 bits per heavy atom. The number of thioether (sulfide) groups is 1. The van der Waals surface area contributed by atoms with E-state index in [-0.39, 0.29) is 18.1 Å². The standard InChI is InChI=1S/C10H13N3O2S.ClH/c14-13(15)8-1-2-10(12-7-8)16-9-3-5-11-6-4-9;/h1-2,7,9,11H,3-6H2;1H. The van der Waals surface area contributed by atoms with Crippen molar-refractivity contribution in [2.75, 3.05) is 13.1 Å². The van der Waals surface area contributed by atoms with Gasteiger partial charge in [-0.05, 0) is 32.0 Å². The van der Waals surface area contributed by atoms with E-state index in [1.54, 1.807) is 17.8 Å². The quantitative estimate of drug-likeness (QED) is 0.677. The van der Waals surface area contributed by atoms with Crippen molar-refractivity contribution < 1.29 is 4.92 Å². The number of piperidine rings is 1. The molecule has 1 aromatic rings. The zero-order valence-electron chi connectivity index (χ0n) is 9.17. The highest BCUT2D eigenvalue weighted by molar-refractivity contribution is 7.99. The van der Waals surface area contributed by atoms with Gasteiger partial charge in [-0.2, -0.15) is 0 Å². The summed E-state index contributed by atoms with van der Waals surface area (Å²) in [6.45, 7) is 2.09. The van der Waals surface area contributed by atoms with Crippen LogP contribution in [-0.2, 0) is 0 Å². The summed E-state index contributed by atoms with van der Waals surface area (Å²) in [4.78, 5) is 14.1. The molecule has 0 aliphatic carbocycles. The minimum absolute atomic E-state index is 0. The molecule has 1 N–H and O–H groups in total. The first-order valence-corrected chi connectivity index (χ1v) is 6.11. The number of pyridine rings is 1. The number of hydrogen-bond acceptors (Lipinski definition) is 5. The molecule has 1 aliphatic heterocycles. The summed E-state index contributed by atoms with van der Waals surface area (Å²) in [5.74, 6) is 0. The van der Waals surface area contributed by atoms with Gasteiger partial charge in [0.2, 0.25) is 0 Å². The van der Waals surface area contributed by atoms with Gasteiger partial charge < -0.3 is 5.32 Å². The number of nitro groups is 1. The van der Waals surface area contributed by atoms with Gasteiger partial charge >= 0.3 is 0 Å². The lowest BCUT2D eigenvalue weighted by atomic mass is 10.2. The molecule has 0 aromatic carbocycles. The van der Waals surface area contributed by atoms with Crippen LogP contribution in [0.15, 0.2) is 23.4 Å². The zero-order chi connectivity index (χ0) is 11.4. The van der Waals surface area contributed by atoms with E-state index in [9.17, 15) is 10.1 Å². The van der Waals surface area contributed by atoms with Crippen LogP contribution in [0.5, 0.6) is 0 Å². The van der Waals surface area contributed by atoms with Gasteiger partial charge in [-0.3, -0.25) is 10.1 Å². The molecule has 7 heteroatoms. The van der Waals surface area contributed by atoms with Crippen LogP contribution < -0.4 is 5.32 Å². The molecule has 1 saturated heterocycles. The van der Waals surface area contributed by atoms with E-state index < -0.39 is 4.92 Å². The maximum Gasteiger partial charge on any atom is 0.287 e. The van der Waals surface area contributed by atoms with Crippen LogP contribution in [0.2, 0.25) is 0 Å². The lowest BCUT2D eigenvalue weighted by Gasteiger charge is -2.21. The average Bonchev–Trinajstić information content (AvgIpc) is 2.31. The van der Waals surface area contributed by atoms with Gasteiger partial charge in [0.05, 0.1) is 9.95 Å². The Balaban J connectivity index is 0.00000144. The monoisotopic (exact) mass is 275 g/mol. The number of aromatic nitrogens is 1. The molecule has 2 heterocycles. The van der Waals surface area contributed by atoms with Crippen molar-refractivity contribution in [2.45, 2.75) is 23.1 Å². The van der Waals surface area contributed by atoms with Crippen molar-refractivity contribution in [1.82, 2.24) is 10.3 Å². The molecule has 1 aromatic heterocycles. The van der Waals surface area contributed by atoms with Crippen LogP contribution in [0, 0.1) is 10.1 Å². The highest BCUT2D eigenvalue weighted by Gasteiger charge is 2.15. The van der Waals surface area contributed by atoms with E-state index in [4.69, 9.17) is 0 Å². The average molecular weight is 276 g/mol. The molecule has 2 rings (SSSR count). The van der Waals surface area contributed by atoms with Crippen LogP contribution in [-0.4, -0.2) is 28.2 Å². The third-order valence-corrected chi connectivity index (χ3v) is 3.79. The maximum atomic E-state index is 10.5. The second-order valence-electron chi connectivity index (χ2n) is 3.68. The molecule has 5 nitrogen and oxygen atoms in total. The highest BCUT2D eigenvalue weighted by atomic mass is 35.5. The number of nitrogens with zero attached hydrogens (tertiary/aromatic N) is 2. The van der Waals surface area contributed by atoms with Crippen molar-refractivity contribution in [1.29, 1.82) is 0 Å². The van der Waals surface area contributed by atoms with Crippen LogP contribution in [0.25, 0.3) is 0 Å². The van der Waals surface area contributed by atoms with Gasteiger partial charge in [-0.1, -0.05) is 0 Å². The molecule has 94 valence electrons. The SMILES string of the molecule is Cl.O=[N+]([O-])c1ccc(SC2CCNCC2)nc1. The van der Waals surface area contributed by atoms with Crippen molar-refractivity contribution in [3.8, 4) is 0 Å². The molecule has 0 amide bonds. The Morgan fingerprint density at radius 3 is 2.65 bits per heavy atom.